The number of methoxy groups -OCH3 is 1. The van der Waals surface area contributed by atoms with Crippen molar-refractivity contribution in [3.05, 3.63) is 46.9 Å². The van der Waals surface area contributed by atoms with Gasteiger partial charge < -0.3 is 20.3 Å². The summed E-state index contributed by atoms with van der Waals surface area (Å²) in [6, 6.07) is 5.12. The smallest absolute Gasteiger partial charge is 0.262 e. The number of hydrogen-bond donors (Lipinski definition) is 2. The molecule has 2 heterocycles. The molecule has 128 valence electrons. The molecule has 2 aromatic heterocycles. The van der Waals surface area contributed by atoms with Crippen LogP contribution in [-0.4, -0.2) is 28.1 Å². The highest BCUT2D eigenvalue weighted by Crippen LogP contribution is 2.33. The molecule has 0 atom stereocenters. The number of nitrogen functional groups attached to an aromatic ring is 1. The molecule has 0 aliphatic carbocycles. The highest BCUT2D eigenvalue weighted by Gasteiger charge is 2.16. The summed E-state index contributed by atoms with van der Waals surface area (Å²) in [5.74, 6) is 0.916. The molecule has 0 saturated heterocycles. The Kier molecular flexibility index (Phi) is 4.53. The van der Waals surface area contributed by atoms with Gasteiger partial charge in [0.2, 0.25) is 0 Å². The fourth-order valence-corrected chi connectivity index (χ4v) is 2.39. The molecule has 0 radical (unpaired) electrons. The van der Waals surface area contributed by atoms with Crippen LogP contribution in [0.4, 0.5) is 11.6 Å². The van der Waals surface area contributed by atoms with E-state index in [0.717, 1.165) is 0 Å². The SMILES string of the molecule is COc1ccc(Cl)c(-c2ncc(NC(=O)c3cnoc3C)nc2N)c1. The highest BCUT2D eigenvalue weighted by molar-refractivity contribution is 6.33. The van der Waals surface area contributed by atoms with Gasteiger partial charge in [-0.2, -0.15) is 0 Å². The second-order valence-corrected chi connectivity index (χ2v) is 5.49. The molecule has 1 aromatic carbocycles. The van der Waals surface area contributed by atoms with E-state index in [4.69, 9.17) is 26.6 Å². The molecule has 0 fully saturated rings. The second-order valence-electron chi connectivity index (χ2n) is 5.08. The average molecular weight is 360 g/mol. The van der Waals surface area contributed by atoms with Crippen molar-refractivity contribution in [2.24, 2.45) is 0 Å². The lowest BCUT2D eigenvalue weighted by Crippen LogP contribution is -2.14. The van der Waals surface area contributed by atoms with Gasteiger partial charge in [-0.3, -0.25) is 4.79 Å². The van der Waals surface area contributed by atoms with Crippen LogP contribution in [0.3, 0.4) is 0 Å². The minimum atomic E-state index is -0.417. The maximum absolute atomic E-state index is 12.1. The first-order valence-corrected chi connectivity index (χ1v) is 7.56. The van der Waals surface area contributed by atoms with Gasteiger partial charge in [0.1, 0.15) is 22.8 Å². The van der Waals surface area contributed by atoms with E-state index in [0.29, 0.717) is 33.4 Å². The molecule has 8 nitrogen and oxygen atoms in total. The number of carbonyl (C=O) groups excluding carboxylic acids is 1. The van der Waals surface area contributed by atoms with Crippen molar-refractivity contribution in [1.29, 1.82) is 0 Å². The van der Waals surface area contributed by atoms with Crippen LogP contribution in [0.2, 0.25) is 5.02 Å². The summed E-state index contributed by atoms with van der Waals surface area (Å²) < 4.78 is 10.0. The normalized spacial score (nSPS) is 10.5. The van der Waals surface area contributed by atoms with Crippen LogP contribution < -0.4 is 15.8 Å². The quantitative estimate of drug-likeness (QED) is 0.735. The van der Waals surface area contributed by atoms with Crippen molar-refractivity contribution in [1.82, 2.24) is 15.1 Å². The number of nitrogens with zero attached hydrogens (tertiary/aromatic N) is 3. The molecular formula is C16H14ClN5O3. The average Bonchev–Trinajstić information content (AvgIpc) is 3.02. The molecule has 0 unspecified atom stereocenters. The minimum absolute atomic E-state index is 0.120. The van der Waals surface area contributed by atoms with Gasteiger partial charge in [-0.15, -0.1) is 0 Å². The minimum Gasteiger partial charge on any atom is -0.497 e. The van der Waals surface area contributed by atoms with Gasteiger partial charge in [-0.05, 0) is 25.1 Å². The summed E-state index contributed by atoms with van der Waals surface area (Å²) in [5.41, 5.74) is 7.26. The number of hydrogen-bond acceptors (Lipinski definition) is 7. The van der Waals surface area contributed by atoms with E-state index >= 15 is 0 Å². The van der Waals surface area contributed by atoms with Gasteiger partial charge in [0.25, 0.3) is 5.91 Å². The van der Waals surface area contributed by atoms with Crippen LogP contribution in [0.15, 0.2) is 35.1 Å². The number of ether oxygens (including phenoxy) is 1. The Bertz CT molecular complexity index is 941. The van der Waals surface area contributed by atoms with Crippen molar-refractivity contribution in [2.75, 3.05) is 18.2 Å². The number of rotatable bonds is 4. The van der Waals surface area contributed by atoms with Gasteiger partial charge in [0, 0.05) is 5.56 Å². The van der Waals surface area contributed by atoms with Gasteiger partial charge in [0.15, 0.2) is 11.6 Å². The molecule has 0 aliphatic heterocycles. The van der Waals surface area contributed by atoms with E-state index in [1.54, 1.807) is 32.2 Å². The Hall–Kier alpha value is -3.13. The molecule has 3 aromatic rings. The van der Waals surface area contributed by atoms with Crippen molar-refractivity contribution >= 4 is 29.1 Å². The number of benzene rings is 1. The molecule has 0 spiro atoms. The number of aromatic nitrogens is 3. The standard InChI is InChI=1S/C16H14ClN5O3/c1-8-11(6-20-25-8)16(23)22-13-7-19-14(15(18)21-13)10-5-9(24-2)3-4-12(10)17/h3-7H,1-2H3,(H3,18,21,22,23). The first kappa shape index (κ1) is 16.7. The second kappa shape index (κ2) is 6.78. The molecule has 25 heavy (non-hydrogen) atoms. The molecule has 3 N–H and O–H groups in total. The maximum atomic E-state index is 12.1. The number of halogens is 1. The third-order valence-electron chi connectivity index (χ3n) is 3.47. The third kappa shape index (κ3) is 3.38. The zero-order valence-corrected chi connectivity index (χ0v) is 14.2. The van der Waals surface area contributed by atoms with Crippen LogP contribution in [0, 0.1) is 6.92 Å². The van der Waals surface area contributed by atoms with Crippen LogP contribution in [0.1, 0.15) is 16.1 Å². The van der Waals surface area contributed by atoms with Crippen molar-refractivity contribution in [2.45, 2.75) is 6.92 Å². The molecular weight excluding hydrogens is 346 g/mol. The Morgan fingerprint density at radius 3 is 2.80 bits per heavy atom. The summed E-state index contributed by atoms with van der Waals surface area (Å²) in [6.07, 6.45) is 2.72. The lowest BCUT2D eigenvalue weighted by atomic mass is 10.1. The Morgan fingerprint density at radius 2 is 2.16 bits per heavy atom. The predicted molar refractivity (Wildman–Crippen MR) is 92.6 cm³/mol. The topological polar surface area (TPSA) is 116 Å². The maximum Gasteiger partial charge on any atom is 0.262 e. The Balaban J connectivity index is 1.89. The van der Waals surface area contributed by atoms with Crippen molar-refractivity contribution < 1.29 is 14.1 Å². The fraction of sp³-hybridized carbons (Fsp3) is 0.125. The Morgan fingerprint density at radius 1 is 1.36 bits per heavy atom. The van der Waals surface area contributed by atoms with E-state index in [1.165, 1.54) is 12.4 Å². The highest BCUT2D eigenvalue weighted by atomic mass is 35.5. The van der Waals surface area contributed by atoms with E-state index in [-0.39, 0.29) is 11.6 Å². The zero-order valence-electron chi connectivity index (χ0n) is 13.4. The molecule has 3 rings (SSSR count). The van der Waals surface area contributed by atoms with Gasteiger partial charge in [-0.1, -0.05) is 16.8 Å². The number of carbonyl (C=O) groups is 1. The van der Waals surface area contributed by atoms with Gasteiger partial charge in [0.05, 0.1) is 24.5 Å². The fourth-order valence-electron chi connectivity index (χ4n) is 2.18. The van der Waals surface area contributed by atoms with Crippen LogP contribution in [0.5, 0.6) is 5.75 Å². The summed E-state index contributed by atoms with van der Waals surface area (Å²) in [6.45, 7) is 1.63. The summed E-state index contributed by atoms with van der Waals surface area (Å²) in [5, 5.41) is 6.61. The lowest BCUT2D eigenvalue weighted by Gasteiger charge is -2.10. The Labute approximate surface area is 148 Å². The number of aryl methyl sites for hydroxylation is 1. The first-order chi connectivity index (χ1) is 12.0. The summed E-state index contributed by atoms with van der Waals surface area (Å²) in [7, 11) is 1.55. The van der Waals surface area contributed by atoms with Crippen molar-refractivity contribution in [3.8, 4) is 17.0 Å². The number of amides is 1. The zero-order chi connectivity index (χ0) is 18.0. The lowest BCUT2D eigenvalue weighted by molar-refractivity contribution is 0.102. The van der Waals surface area contributed by atoms with E-state index in [9.17, 15) is 4.79 Å². The number of nitrogens with two attached hydrogens (primary N) is 1. The van der Waals surface area contributed by atoms with E-state index < -0.39 is 5.91 Å². The first-order valence-electron chi connectivity index (χ1n) is 7.18. The number of anilines is 2. The predicted octanol–water partition coefficient (Wildman–Crippen LogP) is 2.94. The monoisotopic (exact) mass is 359 g/mol. The summed E-state index contributed by atoms with van der Waals surface area (Å²) >= 11 is 6.20. The molecule has 0 saturated carbocycles. The molecule has 0 aliphatic rings. The molecule has 9 heteroatoms. The number of nitrogens with one attached hydrogen (secondary N) is 1. The van der Waals surface area contributed by atoms with E-state index in [1.807, 2.05) is 0 Å². The largest absolute Gasteiger partial charge is 0.497 e. The van der Waals surface area contributed by atoms with Crippen LogP contribution in [0.25, 0.3) is 11.3 Å². The van der Waals surface area contributed by atoms with Gasteiger partial charge in [-0.25, -0.2) is 9.97 Å². The molecule has 0 bridgehead atoms. The molecule has 1 amide bonds. The third-order valence-corrected chi connectivity index (χ3v) is 3.79. The van der Waals surface area contributed by atoms with Crippen LogP contribution >= 0.6 is 11.6 Å². The van der Waals surface area contributed by atoms with Gasteiger partial charge >= 0.3 is 0 Å². The van der Waals surface area contributed by atoms with Crippen LogP contribution in [-0.2, 0) is 0 Å². The summed E-state index contributed by atoms with van der Waals surface area (Å²) in [4.78, 5) is 20.6. The van der Waals surface area contributed by atoms with E-state index in [2.05, 4.69) is 20.4 Å². The van der Waals surface area contributed by atoms with Crippen molar-refractivity contribution in [3.63, 3.8) is 0 Å².